The zero-order valence-electron chi connectivity index (χ0n) is 11.6. The number of thiazole rings is 2. The Bertz CT molecular complexity index is 532. The minimum Gasteiger partial charge on any atom is -0.346 e. The van der Waals surface area contributed by atoms with Gasteiger partial charge in [-0.3, -0.25) is 0 Å². The van der Waals surface area contributed by atoms with Crippen LogP contribution >= 0.6 is 22.7 Å². The number of hydrogen-bond acceptors (Lipinski definition) is 6. The van der Waals surface area contributed by atoms with E-state index in [0.29, 0.717) is 6.54 Å². The van der Waals surface area contributed by atoms with Gasteiger partial charge >= 0.3 is 0 Å². The van der Waals surface area contributed by atoms with Crippen LogP contribution in [0.25, 0.3) is 0 Å². The highest BCUT2D eigenvalue weighted by Gasteiger charge is 2.14. The summed E-state index contributed by atoms with van der Waals surface area (Å²) in [6.45, 7) is 5.67. The largest absolute Gasteiger partial charge is 0.346 e. The number of hydrogen-bond donors (Lipinski definition) is 1. The molecule has 0 atom stereocenters. The highest BCUT2D eigenvalue weighted by atomic mass is 32.1. The molecule has 0 saturated carbocycles. The van der Waals surface area contributed by atoms with Gasteiger partial charge in [0.15, 0.2) is 5.13 Å². The summed E-state index contributed by atoms with van der Waals surface area (Å²) in [7, 11) is 2.08. The maximum absolute atomic E-state index is 5.80. The first-order valence-corrected chi connectivity index (χ1v) is 8.14. The number of anilines is 1. The molecule has 0 spiro atoms. The second-order valence-electron chi connectivity index (χ2n) is 4.54. The van der Waals surface area contributed by atoms with E-state index in [0.717, 1.165) is 35.9 Å². The second kappa shape index (κ2) is 6.45. The summed E-state index contributed by atoms with van der Waals surface area (Å²) in [4.78, 5) is 13.7. The first kappa shape index (κ1) is 14.4. The van der Waals surface area contributed by atoms with Gasteiger partial charge in [-0.05, 0) is 13.3 Å². The minimum absolute atomic E-state index is 0.584. The van der Waals surface area contributed by atoms with E-state index in [1.807, 2.05) is 5.51 Å². The molecule has 0 aliphatic rings. The van der Waals surface area contributed by atoms with Crippen LogP contribution in [0.3, 0.4) is 0 Å². The lowest BCUT2D eigenvalue weighted by Gasteiger charge is -2.14. The van der Waals surface area contributed by atoms with Crippen LogP contribution in [-0.2, 0) is 19.5 Å². The van der Waals surface area contributed by atoms with E-state index in [-0.39, 0.29) is 0 Å². The topological polar surface area (TPSA) is 55.0 Å². The minimum atomic E-state index is 0.584. The molecule has 2 aromatic rings. The Hall–Kier alpha value is -0.980. The zero-order chi connectivity index (χ0) is 13.8. The highest BCUT2D eigenvalue weighted by Crippen LogP contribution is 2.28. The van der Waals surface area contributed by atoms with Crippen molar-refractivity contribution in [3.8, 4) is 0 Å². The van der Waals surface area contributed by atoms with Gasteiger partial charge in [0, 0.05) is 23.3 Å². The lowest BCUT2D eigenvalue weighted by atomic mass is 10.2. The normalized spacial score (nSPS) is 10.9. The summed E-state index contributed by atoms with van der Waals surface area (Å²) in [6.07, 6.45) is 2.12. The van der Waals surface area contributed by atoms with Crippen LogP contribution in [-0.4, -0.2) is 17.0 Å². The van der Waals surface area contributed by atoms with Crippen molar-refractivity contribution in [1.29, 1.82) is 0 Å². The standard InChI is InChI=1S/C13H20N4S2/c1-4-5-10-11(6-14)19-13(16-10)17(3)7-12-9(2)15-8-18-12/h8H,4-7,14H2,1-3H3. The van der Waals surface area contributed by atoms with Crippen LogP contribution in [0.2, 0.25) is 0 Å². The third-order valence-corrected chi connectivity index (χ3v) is 5.15. The summed E-state index contributed by atoms with van der Waals surface area (Å²) >= 11 is 3.41. The molecule has 2 rings (SSSR count). The quantitative estimate of drug-likeness (QED) is 0.890. The maximum Gasteiger partial charge on any atom is 0.185 e. The fraction of sp³-hybridized carbons (Fsp3) is 0.538. The van der Waals surface area contributed by atoms with Crippen molar-refractivity contribution in [2.75, 3.05) is 11.9 Å². The van der Waals surface area contributed by atoms with Crippen LogP contribution in [0.5, 0.6) is 0 Å². The molecule has 2 heterocycles. The van der Waals surface area contributed by atoms with Gasteiger partial charge in [0.25, 0.3) is 0 Å². The van der Waals surface area contributed by atoms with Crippen LogP contribution < -0.4 is 10.6 Å². The van der Waals surface area contributed by atoms with Crippen molar-refractivity contribution in [2.45, 2.75) is 39.8 Å². The highest BCUT2D eigenvalue weighted by molar-refractivity contribution is 7.15. The maximum atomic E-state index is 5.80. The zero-order valence-corrected chi connectivity index (χ0v) is 13.3. The number of aromatic nitrogens is 2. The van der Waals surface area contributed by atoms with Gasteiger partial charge in [0.2, 0.25) is 0 Å². The van der Waals surface area contributed by atoms with Crippen molar-refractivity contribution in [3.05, 3.63) is 26.7 Å². The summed E-state index contributed by atoms with van der Waals surface area (Å²) in [6, 6.07) is 0. The molecule has 0 saturated heterocycles. The molecule has 19 heavy (non-hydrogen) atoms. The third kappa shape index (κ3) is 3.32. The number of rotatable bonds is 6. The molecule has 0 amide bonds. The van der Waals surface area contributed by atoms with Crippen molar-refractivity contribution >= 4 is 27.8 Å². The average Bonchev–Trinajstić information content (AvgIpc) is 2.97. The first-order chi connectivity index (χ1) is 9.15. The van der Waals surface area contributed by atoms with E-state index in [2.05, 4.69) is 30.8 Å². The van der Waals surface area contributed by atoms with E-state index < -0.39 is 0 Å². The summed E-state index contributed by atoms with van der Waals surface area (Å²) in [5.74, 6) is 0. The lowest BCUT2D eigenvalue weighted by molar-refractivity contribution is 0.855. The van der Waals surface area contributed by atoms with E-state index in [1.165, 1.54) is 9.75 Å². The predicted octanol–water partition coefficient (Wildman–Crippen LogP) is 2.96. The van der Waals surface area contributed by atoms with Gasteiger partial charge in [0.05, 0.1) is 23.4 Å². The molecule has 104 valence electrons. The first-order valence-electron chi connectivity index (χ1n) is 6.44. The second-order valence-corrected chi connectivity index (χ2v) is 6.54. The van der Waals surface area contributed by atoms with Crippen LogP contribution in [0, 0.1) is 6.92 Å². The van der Waals surface area contributed by atoms with Crippen molar-refractivity contribution in [2.24, 2.45) is 5.73 Å². The van der Waals surface area contributed by atoms with Crippen LogP contribution in [0.15, 0.2) is 5.51 Å². The SMILES string of the molecule is CCCc1nc(N(C)Cc2scnc2C)sc1CN. The summed E-state index contributed by atoms with van der Waals surface area (Å²) < 4.78 is 0. The molecular weight excluding hydrogens is 276 g/mol. The van der Waals surface area contributed by atoms with Gasteiger partial charge < -0.3 is 10.6 Å². The van der Waals surface area contributed by atoms with E-state index in [1.54, 1.807) is 22.7 Å². The fourth-order valence-electron chi connectivity index (χ4n) is 1.89. The van der Waals surface area contributed by atoms with Gasteiger partial charge in [-0.15, -0.1) is 22.7 Å². The van der Waals surface area contributed by atoms with Crippen LogP contribution in [0.1, 0.15) is 34.5 Å². The van der Waals surface area contributed by atoms with Gasteiger partial charge in [-0.2, -0.15) is 0 Å². The Kier molecular flexibility index (Phi) is 4.90. The Morgan fingerprint density at radius 2 is 2.16 bits per heavy atom. The molecule has 0 aliphatic heterocycles. The monoisotopic (exact) mass is 296 g/mol. The Labute approximate surface area is 122 Å². The lowest BCUT2D eigenvalue weighted by Crippen LogP contribution is -2.16. The Balaban J connectivity index is 2.14. The van der Waals surface area contributed by atoms with Crippen LogP contribution in [0.4, 0.5) is 5.13 Å². The fourth-order valence-corrected chi connectivity index (χ4v) is 3.66. The molecule has 4 nitrogen and oxygen atoms in total. The molecule has 0 unspecified atom stereocenters. The van der Waals surface area contributed by atoms with E-state index >= 15 is 0 Å². The molecule has 2 N–H and O–H groups in total. The predicted molar refractivity (Wildman–Crippen MR) is 83.0 cm³/mol. The molecule has 0 aliphatic carbocycles. The molecule has 0 radical (unpaired) electrons. The third-order valence-electron chi connectivity index (χ3n) is 2.99. The van der Waals surface area contributed by atoms with Crippen molar-refractivity contribution in [3.63, 3.8) is 0 Å². The average molecular weight is 296 g/mol. The van der Waals surface area contributed by atoms with Gasteiger partial charge in [0.1, 0.15) is 0 Å². The number of nitrogens with two attached hydrogens (primary N) is 1. The van der Waals surface area contributed by atoms with Gasteiger partial charge in [-0.25, -0.2) is 9.97 Å². The molecular formula is C13H20N4S2. The summed E-state index contributed by atoms with van der Waals surface area (Å²) in [5.41, 5.74) is 9.97. The van der Waals surface area contributed by atoms with Crippen molar-refractivity contribution in [1.82, 2.24) is 9.97 Å². The number of nitrogens with zero attached hydrogens (tertiary/aromatic N) is 3. The summed E-state index contributed by atoms with van der Waals surface area (Å²) in [5, 5.41) is 1.05. The molecule has 0 aromatic carbocycles. The number of aryl methyl sites for hydroxylation is 2. The molecule has 2 aromatic heterocycles. The van der Waals surface area contributed by atoms with E-state index in [9.17, 15) is 0 Å². The molecule has 0 fully saturated rings. The van der Waals surface area contributed by atoms with E-state index in [4.69, 9.17) is 10.7 Å². The van der Waals surface area contributed by atoms with Crippen molar-refractivity contribution < 1.29 is 0 Å². The smallest absolute Gasteiger partial charge is 0.185 e. The Morgan fingerprint density at radius 1 is 1.37 bits per heavy atom. The Morgan fingerprint density at radius 3 is 2.74 bits per heavy atom. The molecule has 0 bridgehead atoms. The van der Waals surface area contributed by atoms with Gasteiger partial charge in [-0.1, -0.05) is 13.3 Å². The molecule has 6 heteroatoms.